The van der Waals surface area contributed by atoms with E-state index in [2.05, 4.69) is 4.98 Å². The van der Waals surface area contributed by atoms with Crippen LogP contribution in [-0.2, 0) is 4.79 Å². The zero-order valence-corrected chi connectivity index (χ0v) is 8.13. The molecule has 0 spiro atoms. The number of ether oxygens (including phenoxy) is 1. The molecule has 2 N–H and O–H groups in total. The Morgan fingerprint density at radius 1 is 1.79 bits per heavy atom. The van der Waals surface area contributed by atoms with Crippen LogP contribution in [0.5, 0.6) is 5.75 Å². The topological polar surface area (TPSA) is 62.3 Å². The fourth-order valence-corrected chi connectivity index (χ4v) is 1.76. The number of carbonyl (C=O) groups is 1. The van der Waals surface area contributed by atoms with E-state index < -0.39 is 5.97 Å². The van der Waals surface area contributed by atoms with Crippen LogP contribution in [0, 0.1) is 4.64 Å². The van der Waals surface area contributed by atoms with Gasteiger partial charge in [0.1, 0.15) is 10.4 Å². The van der Waals surface area contributed by atoms with Crippen molar-refractivity contribution < 1.29 is 14.6 Å². The van der Waals surface area contributed by atoms with Crippen molar-refractivity contribution in [3.8, 4) is 5.75 Å². The smallest absolute Gasteiger partial charge is 0.304 e. The molecule has 1 aliphatic rings. The van der Waals surface area contributed by atoms with E-state index in [1.165, 1.54) is 0 Å². The highest BCUT2D eigenvalue weighted by molar-refractivity contribution is 7.71. The molecule has 0 bridgehead atoms. The van der Waals surface area contributed by atoms with E-state index in [0.717, 1.165) is 5.56 Å². The number of aromatic amines is 1. The monoisotopic (exact) mass is 211 g/mol. The molecule has 74 valence electrons. The lowest BCUT2D eigenvalue weighted by Gasteiger charge is -2.03. The van der Waals surface area contributed by atoms with Gasteiger partial charge >= 0.3 is 5.97 Å². The fourth-order valence-electron chi connectivity index (χ4n) is 1.58. The number of carboxylic acid groups (broad SMARTS) is 1. The Morgan fingerprint density at radius 3 is 3.29 bits per heavy atom. The Balaban J connectivity index is 2.33. The van der Waals surface area contributed by atoms with Crippen LogP contribution in [0.15, 0.2) is 12.3 Å². The third kappa shape index (κ3) is 1.63. The molecule has 0 saturated carbocycles. The molecule has 0 saturated heterocycles. The molecule has 5 heteroatoms. The van der Waals surface area contributed by atoms with Gasteiger partial charge in [0.05, 0.1) is 13.0 Å². The lowest BCUT2D eigenvalue weighted by Crippen LogP contribution is -2.07. The number of nitrogens with one attached hydrogen (secondary N) is 1. The molecule has 0 unspecified atom stereocenters. The van der Waals surface area contributed by atoms with E-state index in [-0.39, 0.29) is 12.3 Å². The van der Waals surface area contributed by atoms with Crippen LogP contribution in [-0.4, -0.2) is 22.7 Å². The summed E-state index contributed by atoms with van der Waals surface area (Å²) in [7, 11) is 0. The minimum Gasteiger partial charge on any atom is -0.491 e. The number of hydrogen-bond acceptors (Lipinski definition) is 3. The quantitative estimate of drug-likeness (QED) is 0.731. The van der Waals surface area contributed by atoms with Gasteiger partial charge in [-0.25, -0.2) is 0 Å². The zero-order valence-electron chi connectivity index (χ0n) is 7.32. The van der Waals surface area contributed by atoms with Gasteiger partial charge in [-0.15, -0.1) is 0 Å². The second-order valence-corrected chi connectivity index (χ2v) is 3.66. The summed E-state index contributed by atoms with van der Waals surface area (Å²) in [6, 6.07) is 1.77. The first-order valence-corrected chi connectivity index (χ1v) is 4.65. The number of aromatic nitrogens is 1. The number of rotatable bonds is 2. The molecule has 0 amide bonds. The summed E-state index contributed by atoms with van der Waals surface area (Å²) in [4.78, 5) is 13.4. The Morgan fingerprint density at radius 2 is 2.57 bits per heavy atom. The molecule has 4 nitrogen and oxygen atoms in total. The molecule has 1 aromatic rings. The molecule has 0 radical (unpaired) electrons. The molecule has 0 aromatic carbocycles. The number of aliphatic carboxylic acids is 1. The molecule has 1 aliphatic heterocycles. The average Bonchev–Trinajstić information content (AvgIpc) is 2.47. The van der Waals surface area contributed by atoms with E-state index in [1.54, 1.807) is 12.3 Å². The van der Waals surface area contributed by atoms with Crippen LogP contribution >= 0.6 is 12.2 Å². The van der Waals surface area contributed by atoms with Gasteiger partial charge in [-0.3, -0.25) is 4.79 Å². The van der Waals surface area contributed by atoms with Gasteiger partial charge in [-0.2, -0.15) is 0 Å². The van der Waals surface area contributed by atoms with Crippen molar-refractivity contribution in [1.29, 1.82) is 0 Å². The van der Waals surface area contributed by atoms with E-state index >= 15 is 0 Å². The number of hydrogen-bond donors (Lipinski definition) is 2. The number of fused-ring (bicyclic) bond motifs is 1. The minimum atomic E-state index is -0.815. The van der Waals surface area contributed by atoms with Crippen molar-refractivity contribution in [2.45, 2.75) is 12.3 Å². The molecule has 0 aliphatic carbocycles. The predicted molar refractivity (Wildman–Crippen MR) is 52.1 cm³/mol. The maximum atomic E-state index is 10.6. The first-order chi connectivity index (χ1) is 6.66. The van der Waals surface area contributed by atoms with Crippen LogP contribution in [0.3, 0.4) is 0 Å². The van der Waals surface area contributed by atoms with Gasteiger partial charge in [0.15, 0.2) is 0 Å². The molecule has 1 aromatic heterocycles. The number of carboxylic acids is 1. The molecule has 14 heavy (non-hydrogen) atoms. The predicted octanol–water partition coefficient (Wildman–Crippen LogP) is 1.69. The molecular formula is C9H9NO3S. The Kier molecular flexibility index (Phi) is 2.25. The fraction of sp³-hybridized carbons (Fsp3) is 0.333. The van der Waals surface area contributed by atoms with Gasteiger partial charge in [0.25, 0.3) is 0 Å². The highest BCUT2D eigenvalue weighted by Crippen LogP contribution is 2.34. The molecule has 2 heterocycles. The molecule has 1 atom stereocenters. The van der Waals surface area contributed by atoms with E-state index in [9.17, 15) is 4.79 Å². The first-order valence-electron chi connectivity index (χ1n) is 4.24. The van der Waals surface area contributed by atoms with Crippen molar-refractivity contribution in [2.24, 2.45) is 0 Å². The second-order valence-electron chi connectivity index (χ2n) is 3.22. The summed E-state index contributed by atoms with van der Waals surface area (Å²) >= 11 is 4.96. The number of pyridine rings is 1. The normalized spacial score (nSPS) is 18.7. The summed E-state index contributed by atoms with van der Waals surface area (Å²) in [6.07, 6.45) is 1.77. The van der Waals surface area contributed by atoms with Crippen LogP contribution < -0.4 is 4.74 Å². The Hall–Kier alpha value is -1.36. The SMILES string of the molecule is O=C(O)C[C@H]1COc2c[nH]c(=S)cc21. The highest BCUT2D eigenvalue weighted by atomic mass is 32.1. The van der Waals surface area contributed by atoms with Gasteiger partial charge in [0.2, 0.25) is 0 Å². The number of H-pyrrole nitrogens is 1. The van der Waals surface area contributed by atoms with Gasteiger partial charge in [0, 0.05) is 17.7 Å². The molecule has 2 rings (SSSR count). The molecular weight excluding hydrogens is 202 g/mol. The second kappa shape index (κ2) is 3.42. The third-order valence-corrected chi connectivity index (χ3v) is 2.45. The van der Waals surface area contributed by atoms with Crippen LogP contribution in [0.4, 0.5) is 0 Å². The van der Waals surface area contributed by atoms with Gasteiger partial charge in [-0.05, 0) is 6.07 Å². The van der Waals surface area contributed by atoms with E-state index in [0.29, 0.717) is 17.0 Å². The third-order valence-electron chi connectivity index (χ3n) is 2.22. The minimum absolute atomic E-state index is 0.0706. The van der Waals surface area contributed by atoms with Crippen molar-refractivity contribution in [1.82, 2.24) is 4.98 Å². The largest absolute Gasteiger partial charge is 0.491 e. The van der Waals surface area contributed by atoms with Gasteiger partial charge < -0.3 is 14.8 Å². The lowest BCUT2D eigenvalue weighted by molar-refractivity contribution is -0.137. The maximum absolute atomic E-state index is 10.6. The maximum Gasteiger partial charge on any atom is 0.304 e. The van der Waals surface area contributed by atoms with Crippen LogP contribution in [0.1, 0.15) is 17.9 Å². The molecule has 0 fully saturated rings. The first kappa shape index (κ1) is 9.21. The van der Waals surface area contributed by atoms with Crippen LogP contribution in [0.2, 0.25) is 0 Å². The highest BCUT2D eigenvalue weighted by Gasteiger charge is 2.26. The van der Waals surface area contributed by atoms with Crippen molar-refractivity contribution in [2.75, 3.05) is 6.61 Å². The van der Waals surface area contributed by atoms with E-state index in [4.69, 9.17) is 22.1 Å². The standard InChI is InChI=1S/C9H9NO3S/c11-9(12)1-5-4-13-7-3-10-8(14)2-6(5)7/h2-3,5H,1,4H2,(H,10,14)(H,11,12)/t5-/m0/s1. The Labute approximate surface area is 85.5 Å². The lowest BCUT2D eigenvalue weighted by atomic mass is 9.99. The van der Waals surface area contributed by atoms with Gasteiger partial charge in [-0.1, -0.05) is 12.2 Å². The summed E-state index contributed by atoms with van der Waals surface area (Å²) < 4.78 is 5.93. The van der Waals surface area contributed by atoms with Crippen molar-refractivity contribution in [3.05, 3.63) is 22.5 Å². The average molecular weight is 211 g/mol. The summed E-state index contributed by atoms with van der Waals surface area (Å²) in [5.41, 5.74) is 0.899. The van der Waals surface area contributed by atoms with Crippen LogP contribution in [0.25, 0.3) is 0 Å². The van der Waals surface area contributed by atoms with E-state index in [1.807, 2.05) is 0 Å². The summed E-state index contributed by atoms with van der Waals surface area (Å²) in [6.45, 7) is 0.425. The van der Waals surface area contributed by atoms with Crippen molar-refractivity contribution in [3.63, 3.8) is 0 Å². The van der Waals surface area contributed by atoms with Crippen molar-refractivity contribution >= 4 is 18.2 Å². The Bertz CT molecular complexity index is 426. The summed E-state index contributed by atoms with van der Waals surface area (Å²) in [5, 5.41) is 8.68. The zero-order chi connectivity index (χ0) is 10.1. The summed E-state index contributed by atoms with van der Waals surface area (Å²) in [5.74, 6) is -0.172.